The van der Waals surface area contributed by atoms with E-state index in [9.17, 15) is 9.90 Å². The van der Waals surface area contributed by atoms with E-state index < -0.39 is 6.10 Å². The Morgan fingerprint density at radius 1 is 1.22 bits per heavy atom. The van der Waals surface area contributed by atoms with Crippen LogP contribution in [-0.4, -0.2) is 40.1 Å². The van der Waals surface area contributed by atoms with Crippen LogP contribution in [0.3, 0.4) is 0 Å². The van der Waals surface area contributed by atoms with Crippen LogP contribution >= 0.6 is 0 Å². The molecular formula is C19H22N2O2. The minimum atomic E-state index is -0.491. The van der Waals surface area contributed by atoms with Gasteiger partial charge in [0.05, 0.1) is 6.10 Å². The van der Waals surface area contributed by atoms with Crippen LogP contribution in [0.1, 0.15) is 28.5 Å². The lowest BCUT2D eigenvalue weighted by Crippen LogP contribution is -2.30. The molecular weight excluding hydrogens is 288 g/mol. The Labute approximate surface area is 136 Å². The Hall–Kier alpha value is -2.20. The van der Waals surface area contributed by atoms with E-state index in [1.165, 1.54) is 0 Å². The maximum absolute atomic E-state index is 12.8. The number of aromatic nitrogens is 1. The topological polar surface area (TPSA) is 53.4 Å². The summed E-state index contributed by atoms with van der Waals surface area (Å²) in [5.74, 6) is 0.0626. The van der Waals surface area contributed by atoms with Gasteiger partial charge in [-0.3, -0.25) is 9.78 Å². The second-order valence-corrected chi connectivity index (χ2v) is 6.07. The van der Waals surface area contributed by atoms with Gasteiger partial charge in [-0.05, 0) is 36.6 Å². The largest absolute Gasteiger partial charge is 0.391 e. The molecule has 0 saturated carbocycles. The Balaban J connectivity index is 1.72. The van der Waals surface area contributed by atoms with Crippen molar-refractivity contribution in [1.29, 1.82) is 0 Å². The molecule has 1 aliphatic rings. The normalized spacial score (nSPS) is 20.7. The van der Waals surface area contributed by atoms with E-state index in [0.717, 1.165) is 23.2 Å². The van der Waals surface area contributed by atoms with Crippen LogP contribution in [0, 0.1) is 5.92 Å². The molecule has 23 heavy (non-hydrogen) atoms. The molecule has 0 bridgehead atoms. The highest BCUT2D eigenvalue weighted by Crippen LogP contribution is 2.23. The van der Waals surface area contributed by atoms with Crippen molar-refractivity contribution in [2.24, 2.45) is 5.92 Å². The summed E-state index contributed by atoms with van der Waals surface area (Å²) in [6, 6.07) is 13.5. The van der Waals surface area contributed by atoms with E-state index in [4.69, 9.17) is 0 Å². The molecule has 1 saturated heterocycles. The lowest BCUT2D eigenvalue weighted by Gasteiger charge is -2.18. The average Bonchev–Trinajstić information content (AvgIpc) is 2.96. The molecule has 1 aliphatic heterocycles. The molecule has 0 unspecified atom stereocenters. The predicted molar refractivity (Wildman–Crippen MR) is 89.2 cm³/mol. The quantitative estimate of drug-likeness (QED) is 0.943. The van der Waals surface area contributed by atoms with Gasteiger partial charge in [0.15, 0.2) is 0 Å². The SMILES string of the molecule is CCc1ccccc1C(=O)N1C[C@@H](Cc2ccccn2)[C@H](O)C1. The number of benzene rings is 1. The minimum Gasteiger partial charge on any atom is -0.391 e. The zero-order valence-corrected chi connectivity index (χ0v) is 13.4. The van der Waals surface area contributed by atoms with Crippen LogP contribution in [0.15, 0.2) is 48.7 Å². The van der Waals surface area contributed by atoms with Crippen molar-refractivity contribution < 1.29 is 9.90 Å². The van der Waals surface area contributed by atoms with Gasteiger partial charge < -0.3 is 10.0 Å². The number of β-amino-alcohol motifs (C(OH)–C–C–N with tert-alkyl or cyclic N) is 1. The Morgan fingerprint density at radius 2 is 2.00 bits per heavy atom. The van der Waals surface area contributed by atoms with E-state index in [-0.39, 0.29) is 11.8 Å². The molecule has 1 aromatic heterocycles. The summed E-state index contributed by atoms with van der Waals surface area (Å²) in [4.78, 5) is 18.9. The average molecular weight is 310 g/mol. The molecule has 2 heterocycles. The Kier molecular flexibility index (Phi) is 4.72. The third kappa shape index (κ3) is 3.42. The predicted octanol–water partition coefficient (Wildman–Crippen LogP) is 2.32. The summed E-state index contributed by atoms with van der Waals surface area (Å²) >= 11 is 0. The smallest absolute Gasteiger partial charge is 0.254 e. The highest BCUT2D eigenvalue weighted by atomic mass is 16.3. The molecule has 2 aromatic rings. The monoisotopic (exact) mass is 310 g/mol. The van der Waals surface area contributed by atoms with Crippen molar-refractivity contribution in [3.63, 3.8) is 0 Å². The molecule has 0 aliphatic carbocycles. The summed E-state index contributed by atoms with van der Waals surface area (Å²) in [5.41, 5.74) is 2.76. The first-order valence-electron chi connectivity index (χ1n) is 8.14. The molecule has 120 valence electrons. The lowest BCUT2D eigenvalue weighted by molar-refractivity contribution is 0.0763. The Bertz CT molecular complexity index is 672. The number of nitrogens with zero attached hydrogens (tertiary/aromatic N) is 2. The van der Waals surface area contributed by atoms with Crippen molar-refractivity contribution in [1.82, 2.24) is 9.88 Å². The summed E-state index contributed by atoms with van der Waals surface area (Å²) in [6.45, 7) is 3.03. The van der Waals surface area contributed by atoms with Crippen LogP contribution < -0.4 is 0 Å². The summed E-state index contributed by atoms with van der Waals surface area (Å²) in [7, 11) is 0. The van der Waals surface area contributed by atoms with Crippen molar-refractivity contribution in [3.8, 4) is 0 Å². The van der Waals surface area contributed by atoms with Crippen LogP contribution in [-0.2, 0) is 12.8 Å². The van der Waals surface area contributed by atoms with E-state index in [2.05, 4.69) is 11.9 Å². The lowest BCUT2D eigenvalue weighted by atomic mass is 10.00. The molecule has 1 fully saturated rings. The molecule has 4 heteroatoms. The first-order valence-corrected chi connectivity index (χ1v) is 8.14. The minimum absolute atomic E-state index is 0.0185. The number of aryl methyl sites for hydroxylation is 1. The van der Waals surface area contributed by atoms with Crippen LogP contribution in [0.25, 0.3) is 0 Å². The number of rotatable bonds is 4. The molecule has 1 amide bonds. The van der Waals surface area contributed by atoms with Gasteiger partial charge in [0, 0.05) is 36.5 Å². The van der Waals surface area contributed by atoms with Crippen LogP contribution in [0.5, 0.6) is 0 Å². The number of aliphatic hydroxyl groups excluding tert-OH is 1. The number of hydrogen-bond donors (Lipinski definition) is 1. The fourth-order valence-electron chi connectivity index (χ4n) is 3.22. The van der Waals surface area contributed by atoms with E-state index >= 15 is 0 Å². The van der Waals surface area contributed by atoms with Crippen molar-refractivity contribution >= 4 is 5.91 Å². The molecule has 0 spiro atoms. The highest BCUT2D eigenvalue weighted by molar-refractivity contribution is 5.96. The third-order valence-electron chi connectivity index (χ3n) is 4.52. The summed E-state index contributed by atoms with van der Waals surface area (Å²) in [5, 5.41) is 10.3. The van der Waals surface area contributed by atoms with Crippen LogP contribution in [0.4, 0.5) is 0 Å². The molecule has 1 aromatic carbocycles. The molecule has 1 N–H and O–H groups in total. The van der Waals surface area contributed by atoms with Gasteiger partial charge in [0.25, 0.3) is 5.91 Å². The standard InChI is InChI=1S/C19H22N2O2/c1-2-14-7-3-4-9-17(14)19(23)21-12-15(18(22)13-21)11-16-8-5-6-10-20-16/h3-10,15,18,22H,2,11-13H2,1H3/t15-,18-/m1/s1. The van der Waals surface area contributed by atoms with E-state index in [1.807, 2.05) is 42.5 Å². The van der Waals surface area contributed by atoms with Gasteiger partial charge in [-0.1, -0.05) is 31.2 Å². The third-order valence-corrected chi connectivity index (χ3v) is 4.52. The van der Waals surface area contributed by atoms with Gasteiger partial charge in [0.1, 0.15) is 0 Å². The second kappa shape index (κ2) is 6.92. The van der Waals surface area contributed by atoms with Gasteiger partial charge in [-0.15, -0.1) is 0 Å². The summed E-state index contributed by atoms with van der Waals surface area (Å²) in [6.07, 6.45) is 2.79. The maximum Gasteiger partial charge on any atom is 0.254 e. The number of likely N-dealkylation sites (tertiary alicyclic amines) is 1. The fourth-order valence-corrected chi connectivity index (χ4v) is 3.22. The maximum atomic E-state index is 12.8. The zero-order chi connectivity index (χ0) is 16.2. The van der Waals surface area contributed by atoms with E-state index in [0.29, 0.717) is 19.5 Å². The van der Waals surface area contributed by atoms with Crippen LogP contribution in [0.2, 0.25) is 0 Å². The van der Waals surface area contributed by atoms with Gasteiger partial charge >= 0.3 is 0 Å². The second-order valence-electron chi connectivity index (χ2n) is 6.07. The van der Waals surface area contributed by atoms with Crippen molar-refractivity contribution in [3.05, 3.63) is 65.5 Å². The zero-order valence-electron chi connectivity index (χ0n) is 13.4. The van der Waals surface area contributed by atoms with Crippen molar-refractivity contribution in [2.45, 2.75) is 25.9 Å². The van der Waals surface area contributed by atoms with Gasteiger partial charge in [-0.2, -0.15) is 0 Å². The molecule has 0 radical (unpaired) electrons. The fraction of sp³-hybridized carbons (Fsp3) is 0.368. The van der Waals surface area contributed by atoms with Gasteiger partial charge in [0.2, 0.25) is 0 Å². The number of carbonyl (C=O) groups is 1. The van der Waals surface area contributed by atoms with Crippen molar-refractivity contribution in [2.75, 3.05) is 13.1 Å². The van der Waals surface area contributed by atoms with Gasteiger partial charge in [-0.25, -0.2) is 0 Å². The molecule has 2 atom stereocenters. The Morgan fingerprint density at radius 3 is 2.74 bits per heavy atom. The molecule has 3 rings (SSSR count). The number of hydrogen-bond acceptors (Lipinski definition) is 3. The first-order chi connectivity index (χ1) is 11.2. The van der Waals surface area contributed by atoms with E-state index in [1.54, 1.807) is 11.1 Å². The number of carbonyl (C=O) groups excluding carboxylic acids is 1. The first kappa shape index (κ1) is 15.7. The molecule has 4 nitrogen and oxygen atoms in total. The number of aliphatic hydroxyl groups is 1. The number of amides is 1. The number of pyridine rings is 1. The summed E-state index contributed by atoms with van der Waals surface area (Å²) < 4.78 is 0. The highest BCUT2D eigenvalue weighted by Gasteiger charge is 2.34.